The molecule has 1 heterocycles. The second-order valence-electron chi connectivity index (χ2n) is 3.56. The maximum Gasteiger partial charge on any atom is 0.153 e. The van der Waals surface area contributed by atoms with Crippen LogP contribution in [0.5, 0.6) is 0 Å². The maximum atomic E-state index is 5.74. The summed E-state index contributed by atoms with van der Waals surface area (Å²) in [6.45, 7) is 1.10. The van der Waals surface area contributed by atoms with Gasteiger partial charge in [-0.3, -0.25) is 0 Å². The standard InChI is InChI=1S/C9H12ClN3/c1-13(6-7-2-3-7)8-4-9(10)12-11-5-8/h4-5,7H,2-3,6H2,1H3. The molecule has 0 radical (unpaired) electrons. The zero-order valence-corrected chi connectivity index (χ0v) is 8.33. The van der Waals surface area contributed by atoms with Crippen LogP contribution in [0.2, 0.25) is 5.15 Å². The van der Waals surface area contributed by atoms with Gasteiger partial charge in [0.2, 0.25) is 0 Å². The van der Waals surface area contributed by atoms with Crippen molar-refractivity contribution in [2.75, 3.05) is 18.5 Å². The van der Waals surface area contributed by atoms with Gasteiger partial charge in [-0.15, -0.1) is 5.10 Å². The third-order valence-electron chi connectivity index (χ3n) is 2.28. The van der Waals surface area contributed by atoms with Gasteiger partial charge in [0.05, 0.1) is 11.9 Å². The lowest BCUT2D eigenvalue weighted by atomic mass is 10.3. The van der Waals surface area contributed by atoms with Crippen molar-refractivity contribution in [1.82, 2.24) is 10.2 Å². The van der Waals surface area contributed by atoms with Gasteiger partial charge in [0.15, 0.2) is 5.15 Å². The summed E-state index contributed by atoms with van der Waals surface area (Å²) in [5.74, 6) is 0.872. The molecule has 3 nitrogen and oxygen atoms in total. The highest BCUT2D eigenvalue weighted by molar-refractivity contribution is 6.29. The summed E-state index contributed by atoms with van der Waals surface area (Å²) in [7, 11) is 2.06. The zero-order chi connectivity index (χ0) is 9.26. The Labute approximate surface area is 82.7 Å². The van der Waals surface area contributed by atoms with E-state index in [2.05, 4.69) is 22.1 Å². The number of anilines is 1. The summed E-state index contributed by atoms with van der Waals surface area (Å²) in [5.41, 5.74) is 1.05. The minimum Gasteiger partial charge on any atom is -0.373 e. The van der Waals surface area contributed by atoms with Crippen LogP contribution in [0, 0.1) is 5.92 Å². The highest BCUT2D eigenvalue weighted by Crippen LogP contribution is 2.30. The van der Waals surface area contributed by atoms with Crippen LogP contribution in [0.1, 0.15) is 12.8 Å². The maximum absolute atomic E-state index is 5.74. The summed E-state index contributed by atoms with van der Waals surface area (Å²) in [5, 5.41) is 7.97. The number of hydrogen-bond donors (Lipinski definition) is 0. The fourth-order valence-electron chi connectivity index (χ4n) is 1.33. The van der Waals surface area contributed by atoms with Gasteiger partial charge in [-0.25, -0.2) is 0 Å². The highest BCUT2D eigenvalue weighted by Gasteiger charge is 2.23. The fourth-order valence-corrected chi connectivity index (χ4v) is 1.49. The van der Waals surface area contributed by atoms with Crippen LogP contribution in [0.3, 0.4) is 0 Å². The van der Waals surface area contributed by atoms with Crippen molar-refractivity contribution in [3.05, 3.63) is 17.4 Å². The SMILES string of the molecule is CN(CC1CC1)c1cnnc(Cl)c1. The Balaban J connectivity index is 2.04. The molecule has 0 spiro atoms. The Kier molecular flexibility index (Phi) is 2.36. The molecule has 0 unspecified atom stereocenters. The first-order valence-electron chi connectivity index (χ1n) is 4.45. The van der Waals surface area contributed by atoms with Crippen molar-refractivity contribution in [2.24, 2.45) is 5.92 Å². The molecule has 4 heteroatoms. The predicted molar refractivity (Wildman–Crippen MR) is 53.0 cm³/mol. The Hall–Kier alpha value is -0.830. The van der Waals surface area contributed by atoms with E-state index in [1.54, 1.807) is 6.20 Å². The van der Waals surface area contributed by atoms with Crippen molar-refractivity contribution in [3.8, 4) is 0 Å². The van der Waals surface area contributed by atoms with Crippen LogP contribution in [0.4, 0.5) is 5.69 Å². The summed E-state index contributed by atoms with van der Waals surface area (Å²) in [6, 6.07) is 1.84. The number of rotatable bonds is 3. The quantitative estimate of drug-likeness (QED) is 0.742. The molecular formula is C9H12ClN3. The predicted octanol–water partition coefficient (Wildman–Crippen LogP) is 1.98. The van der Waals surface area contributed by atoms with Crippen LogP contribution in [-0.2, 0) is 0 Å². The van der Waals surface area contributed by atoms with Gasteiger partial charge in [-0.1, -0.05) is 11.6 Å². The molecule has 0 N–H and O–H groups in total. The molecule has 1 aliphatic rings. The van der Waals surface area contributed by atoms with Crippen molar-refractivity contribution in [1.29, 1.82) is 0 Å². The number of aromatic nitrogens is 2. The van der Waals surface area contributed by atoms with Crippen LogP contribution >= 0.6 is 11.6 Å². The first-order valence-corrected chi connectivity index (χ1v) is 4.83. The van der Waals surface area contributed by atoms with E-state index in [1.807, 2.05) is 6.07 Å². The Morgan fingerprint density at radius 2 is 2.38 bits per heavy atom. The van der Waals surface area contributed by atoms with Gasteiger partial charge >= 0.3 is 0 Å². The van der Waals surface area contributed by atoms with Crippen molar-refractivity contribution < 1.29 is 0 Å². The van der Waals surface area contributed by atoms with Crippen molar-refractivity contribution in [2.45, 2.75) is 12.8 Å². The molecule has 0 aliphatic heterocycles. The second-order valence-corrected chi connectivity index (χ2v) is 3.95. The Morgan fingerprint density at radius 1 is 1.62 bits per heavy atom. The summed E-state index contributed by atoms with van der Waals surface area (Å²) < 4.78 is 0. The van der Waals surface area contributed by atoms with E-state index in [9.17, 15) is 0 Å². The van der Waals surface area contributed by atoms with E-state index in [4.69, 9.17) is 11.6 Å². The third kappa shape index (κ3) is 2.31. The Morgan fingerprint density at radius 3 is 3.00 bits per heavy atom. The minimum absolute atomic E-state index is 0.458. The molecule has 0 atom stereocenters. The van der Waals surface area contributed by atoms with Crippen molar-refractivity contribution in [3.63, 3.8) is 0 Å². The van der Waals surface area contributed by atoms with Crippen LogP contribution in [-0.4, -0.2) is 23.8 Å². The molecule has 70 valence electrons. The fraction of sp³-hybridized carbons (Fsp3) is 0.556. The first-order chi connectivity index (χ1) is 6.25. The largest absolute Gasteiger partial charge is 0.373 e. The monoisotopic (exact) mass is 197 g/mol. The molecule has 0 bridgehead atoms. The van der Waals surface area contributed by atoms with E-state index in [0.717, 1.165) is 18.2 Å². The molecule has 1 saturated carbocycles. The van der Waals surface area contributed by atoms with Crippen LogP contribution in [0.15, 0.2) is 12.3 Å². The molecule has 0 saturated heterocycles. The summed E-state index contributed by atoms with van der Waals surface area (Å²) in [6.07, 6.45) is 4.46. The normalized spacial score (nSPS) is 15.8. The third-order valence-corrected chi connectivity index (χ3v) is 2.46. The smallest absolute Gasteiger partial charge is 0.153 e. The molecule has 1 aliphatic carbocycles. The molecular weight excluding hydrogens is 186 g/mol. The highest BCUT2D eigenvalue weighted by atomic mass is 35.5. The van der Waals surface area contributed by atoms with E-state index >= 15 is 0 Å². The van der Waals surface area contributed by atoms with Gasteiger partial charge in [0.25, 0.3) is 0 Å². The number of halogens is 1. The number of nitrogens with zero attached hydrogens (tertiary/aromatic N) is 3. The first kappa shape index (κ1) is 8.75. The van der Waals surface area contributed by atoms with Gasteiger partial charge in [-0.05, 0) is 18.8 Å². The lowest BCUT2D eigenvalue weighted by Crippen LogP contribution is -2.20. The molecule has 0 amide bonds. The van der Waals surface area contributed by atoms with Crippen LogP contribution in [0.25, 0.3) is 0 Å². The van der Waals surface area contributed by atoms with E-state index in [-0.39, 0.29) is 0 Å². The molecule has 13 heavy (non-hydrogen) atoms. The van der Waals surface area contributed by atoms with E-state index < -0.39 is 0 Å². The molecule has 1 aromatic rings. The lowest BCUT2D eigenvalue weighted by Gasteiger charge is -2.17. The van der Waals surface area contributed by atoms with Gasteiger partial charge in [0.1, 0.15) is 0 Å². The van der Waals surface area contributed by atoms with E-state index in [1.165, 1.54) is 12.8 Å². The second kappa shape index (κ2) is 3.50. The van der Waals surface area contributed by atoms with E-state index in [0.29, 0.717) is 5.15 Å². The summed E-state index contributed by atoms with van der Waals surface area (Å²) >= 11 is 5.74. The van der Waals surface area contributed by atoms with Gasteiger partial charge in [-0.2, -0.15) is 5.10 Å². The lowest BCUT2D eigenvalue weighted by molar-refractivity contribution is 0.783. The van der Waals surface area contributed by atoms with Gasteiger partial charge in [0, 0.05) is 19.7 Å². The average Bonchev–Trinajstić information content (AvgIpc) is 2.88. The molecule has 1 aromatic heterocycles. The van der Waals surface area contributed by atoms with Crippen molar-refractivity contribution >= 4 is 17.3 Å². The Bertz CT molecular complexity index is 299. The summed E-state index contributed by atoms with van der Waals surface area (Å²) in [4.78, 5) is 2.18. The molecule has 1 fully saturated rings. The molecule has 0 aromatic carbocycles. The average molecular weight is 198 g/mol. The van der Waals surface area contributed by atoms with Gasteiger partial charge < -0.3 is 4.90 Å². The van der Waals surface area contributed by atoms with Crippen LogP contribution < -0.4 is 4.90 Å². The number of hydrogen-bond acceptors (Lipinski definition) is 3. The zero-order valence-electron chi connectivity index (χ0n) is 7.57. The minimum atomic E-state index is 0.458. The topological polar surface area (TPSA) is 29.0 Å². The molecule has 2 rings (SSSR count).